The zero-order valence-corrected chi connectivity index (χ0v) is 11.4. The van der Waals surface area contributed by atoms with Crippen LogP contribution < -0.4 is 0 Å². The first kappa shape index (κ1) is 15.1. The van der Waals surface area contributed by atoms with Gasteiger partial charge in [-0.3, -0.25) is 9.69 Å². The summed E-state index contributed by atoms with van der Waals surface area (Å²) >= 11 is 0. The molecule has 0 aliphatic heterocycles. The van der Waals surface area contributed by atoms with Gasteiger partial charge in [-0.2, -0.15) is 0 Å². The molecule has 18 heavy (non-hydrogen) atoms. The molecule has 0 saturated heterocycles. The fourth-order valence-electron chi connectivity index (χ4n) is 1.92. The van der Waals surface area contributed by atoms with Gasteiger partial charge in [0.2, 0.25) is 5.91 Å². The highest BCUT2D eigenvalue weighted by atomic mass is 16.5. The van der Waals surface area contributed by atoms with Gasteiger partial charge in [0.1, 0.15) is 0 Å². The van der Waals surface area contributed by atoms with Gasteiger partial charge in [0.05, 0.1) is 26.4 Å². The summed E-state index contributed by atoms with van der Waals surface area (Å²) in [6.07, 6.45) is 5.38. The van der Waals surface area contributed by atoms with Crippen LogP contribution in [0.3, 0.4) is 0 Å². The fourth-order valence-corrected chi connectivity index (χ4v) is 1.92. The van der Waals surface area contributed by atoms with Crippen molar-refractivity contribution in [2.24, 2.45) is 0 Å². The molecular formula is C13H24N2O3. The van der Waals surface area contributed by atoms with E-state index in [1.807, 2.05) is 19.0 Å². The lowest BCUT2D eigenvalue weighted by atomic mass is 10.3. The van der Waals surface area contributed by atoms with Crippen LogP contribution in [-0.4, -0.2) is 67.8 Å². The average Bonchev–Trinajstić information content (AvgIpc) is 2.87. The van der Waals surface area contributed by atoms with Crippen molar-refractivity contribution in [3.05, 3.63) is 11.8 Å². The van der Waals surface area contributed by atoms with Crippen LogP contribution in [0.15, 0.2) is 11.8 Å². The molecule has 0 spiro atoms. The van der Waals surface area contributed by atoms with Crippen molar-refractivity contribution in [3.8, 4) is 0 Å². The Balaban J connectivity index is 2.21. The summed E-state index contributed by atoms with van der Waals surface area (Å²) in [5.41, 5.74) is 1.14. The molecule has 0 fully saturated rings. The van der Waals surface area contributed by atoms with Crippen molar-refractivity contribution in [3.63, 3.8) is 0 Å². The maximum Gasteiger partial charge on any atom is 0.240 e. The van der Waals surface area contributed by atoms with Gasteiger partial charge in [0, 0.05) is 19.3 Å². The number of amides is 1. The van der Waals surface area contributed by atoms with Crippen molar-refractivity contribution in [2.45, 2.75) is 19.3 Å². The first-order valence-corrected chi connectivity index (χ1v) is 6.48. The Bertz CT molecular complexity index is 292. The molecule has 0 bridgehead atoms. The molecule has 0 aromatic carbocycles. The molecule has 1 N–H and O–H groups in total. The van der Waals surface area contributed by atoms with Crippen LogP contribution in [0, 0.1) is 0 Å². The summed E-state index contributed by atoms with van der Waals surface area (Å²) in [4.78, 5) is 15.7. The molecule has 0 atom stereocenters. The minimum absolute atomic E-state index is 0.0412. The number of hydrogen-bond acceptors (Lipinski definition) is 4. The Labute approximate surface area is 109 Å². The van der Waals surface area contributed by atoms with Gasteiger partial charge in [0.15, 0.2) is 0 Å². The van der Waals surface area contributed by atoms with Crippen molar-refractivity contribution in [1.82, 2.24) is 9.80 Å². The number of allylic oxidation sites excluding steroid dienone is 2. The highest BCUT2D eigenvalue weighted by molar-refractivity contribution is 5.79. The molecule has 0 heterocycles. The van der Waals surface area contributed by atoms with E-state index < -0.39 is 0 Å². The second-order valence-corrected chi connectivity index (χ2v) is 4.61. The predicted octanol–water partition coefficient (Wildman–Crippen LogP) is 0.453. The summed E-state index contributed by atoms with van der Waals surface area (Å²) in [6.45, 7) is 2.03. The Morgan fingerprint density at radius 3 is 2.83 bits per heavy atom. The first-order valence-electron chi connectivity index (χ1n) is 6.48. The third-order valence-electron chi connectivity index (χ3n) is 3.08. The number of aliphatic hydroxyl groups excluding tert-OH is 1. The number of ether oxygens (including phenoxy) is 1. The van der Waals surface area contributed by atoms with Gasteiger partial charge in [-0.25, -0.2) is 0 Å². The third kappa shape index (κ3) is 5.16. The van der Waals surface area contributed by atoms with Crippen LogP contribution >= 0.6 is 0 Å². The normalized spacial score (nSPS) is 15.0. The van der Waals surface area contributed by atoms with Crippen molar-refractivity contribution in [1.29, 1.82) is 0 Å². The number of rotatable bonds is 8. The van der Waals surface area contributed by atoms with Gasteiger partial charge in [0.25, 0.3) is 0 Å². The first-order chi connectivity index (χ1) is 8.65. The topological polar surface area (TPSA) is 53.0 Å². The third-order valence-corrected chi connectivity index (χ3v) is 3.08. The lowest BCUT2D eigenvalue weighted by Gasteiger charge is -2.22. The molecule has 0 unspecified atom stereocenters. The lowest BCUT2D eigenvalue weighted by Crippen LogP contribution is -2.37. The minimum Gasteiger partial charge on any atom is -0.394 e. The number of carbonyl (C=O) groups excluding carboxylic acids is 1. The molecule has 0 saturated carbocycles. The zero-order chi connectivity index (χ0) is 13.4. The maximum atomic E-state index is 12.0. The van der Waals surface area contributed by atoms with E-state index >= 15 is 0 Å². The van der Waals surface area contributed by atoms with Gasteiger partial charge in [-0.05, 0) is 26.3 Å². The quantitative estimate of drug-likeness (QED) is 0.641. The van der Waals surface area contributed by atoms with Crippen LogP contribution in [0.1, 0.15) is 19.3 Å². The second-order valence-electron chi connectivity index (χ2n) is 4.61. The summed E-state index contributed by atoms with van der Waals surface area (Å²) in [5, 5.41) is 8.57. The van der Waals surface area contributed by atoms with Gasteiger partial charge < -0.3 is 14.7 Å². The number of likely N-dealkylation sites (N-methyl/N-ethyl adjacent to an activating group) is 2. The summed E-state index contributed by atoms with van der Waals surface area (Å²) in [7, 11) is 3.74. The van der Waals surface area contributed by atoms with Crippen LogP contribution in [0.5, 0.6) is 0 Å². The van der Waals surface area contributed by atoms with E-state index in [2.05, 4.69) is 6.08 Å². The highest BCUT2D eigenvalue weighted by Crippen LogP contribution is 2.20. The summed E-state index contributed by atoms with van der Waals surface area (Å²) in [6, 6.07) is 0. The van der Waals surface area contributed by atoms with Crippen LogP contribution in [-0.2, 0) is 9.53 Å². The Kier molecular flexibility index (Phi) is 6.93. The van der Waals surface area contributed by atoms with Crippen molar-refractivity contribution in [2.75, 3.05) is 47.0 Å². The zero-order valence-electron chi connectivity index (χ0n) is 11.4. The molecule has 1 aliphatic carbocycles. The number of carbonyl (C=O) groups is 1. The molecule has 1 aliphatic rings. The number of hydrogen-bond donors (Lipinski definition) is 1. The van der Waals surface area contributed by atoms with Gasteiger partial charge >= 0.3 is 0 Å². The standard InChI is InChI=1S/C13H24N2O3/c1-14(7-9-18-10-8-16)11-13(17)15(2)12-5-3-4-6-12/h5,16H,3-4,6-11H2,1-2H3. The Morgan fingerprint density at radius 1 is 1.44 bits per heavy atom. The minimum atomic E-state index is 0.0412. The largest absolute Gasteiger partial charge is 0.394 e. The molecule has 0 aromatic rings. The van der Waals surface area contributed by atoms with Crippen LogP contribution in [0.4, 0.5) is 0 Å². The van der Waals surface area contributed by atoms with Crippen molar-refractivity contribution >= 4 is 5.91 Å². The molecule has 1 rings (SSSR count). The smallest absolute Gasteiger partial charge is 0.240 e. The lowest BCUT2D eigenvalue weighted by molar-refractivity contribution is -0.129. The van der Waals surface area contributed by atoms with Crippen molar-refractivity contribution < 1.29 is 14.6 Å². The molecule has 0 aromatic heterocycles. The van der Waals surface area contributed by atoms with E-state index in [-0.39, 0.29) is 12.5 Å². The molecular weight excluding hydrogens is 232 g/mol. The van der Waals surface area contributed by atoms with E-state index in [4.69, 9.17) is 9.84 Å². The molecule has 5 heteroatoms. The van der Waals surface area contributed by atoms with Gasteiger partial charge in [-0.15, -0.1) is 0 Å². The molecule has 0 radical (unpaired) electrons. The van der Waals surface area contributed by atoms with Crippen LogP contribution in [0.25, 0.3) is 0 Å². The average molecular weight is 256 g/mol. The van der Waals surface area contributed by atoms with E-state index in [0.717, 1.165) is 25.0 Å². The maximum absolute atomic E-state index is 12.0. The summed E-state index contributed by atoms with van der Waals surface area (Å²) in [5.74, 6) is 0.118. The molecule has 104 valence electrons. The Morgan fingerprint density at radius 2 is 2.22 bits per heavy atom. The molecule has 5 nitrogen and oxygen atoms in total. The highest BCUT2D eigenvalue weighted by Gasteiger charge is 2.17. The fraction of sp³-hybridized carbons (Fsp3) is 0.769. The van der Waals surface area contributed by atoms with E-state index in [1.54, 1.807) is 4.90 Å². The van der Waals surface area contributed by atoms with E-state index in [9.17, 15) is 4.79 Å². The van der Waals surface area contributed by atoms with Gasteiger partial charge in [-0.1, -0.05) is 6.08 Å². The Hall–Kier alpha value is -0.910. The number of aliphatic hydroxyl groups is 1. The number of nitrogens with zero attached hydrogens (tertiary/aromatic N) is 2. The summed E-state index contributed by atoms with van der Waals surface area (Å²) < 4.78 is 5.17. The SMILES string of the molecule is CN(CCOCCO)CC(=O)N(C)C1=CCCC1. The van der Waals surface area contributed by atoms with E-state index in [1.165, 1.54) is 0 Å². The molecule has 1 amide bonds. The monoisotopic (exact) mass is 256 g/mol. The second kappa shape index (κ2) is 8.24. The van der Waals surface area contributed by atoms with Crippen LogP contribution in [0.2, 0.25) is 0 Å². The predicted molar refractivity (Wildman–Crippen MR) is 70.1 cm³/mol. The van der Waals surface area contributed by atoms with E-state index in [0.29, 0.717) is 26.3 Å².